The van der Waals surface area contributed by atoms with Crippen molar-refractivity contribution in [3.8, 4) is 0 Å². The predicted octanol–water partition coefficient (Wildman–Crippen LogP) is -0.801. The van der Waals surface area contributed by atoms with Crippen molar-refractivity contribution < 1.29 is 23.0 Å². The minimum Gasteiger partial charge on any atom is -0.394 e. The first-order chi connectivity index (χ1) is 6.64. The standard InChI is InChI=1S/C8H16O5S/c9-2-3-12-4-5-13-8-1-6-14(10,11)7-8/h8-9H,1-7H2. The third kappa shape index (κ3) is 4.36. The molecule has 1 saturated heterocycles. The Bertz CT molecular complexity index is 248. The molecule has 0 aromatic heterocycles. The number of aliphatic hydroxyl groups excluding tert-OH is 1. The van der Waals surface area contributed by atoms with Crippen LogP contribution in [0.1, 0.15) is 6.42 Å². The lowest BCUT2D eigenvalue weighted by atomic mass is 10.3. The molecule has 0 aromatic rings. The molecule has 0 radical (unpaired) electrons. The van der Waals surface area contributed by atoms with Gasteiger partial charge in [-0.15, -0.1) is 0 Å². The maximum absolute atomic E-state index is 11.0. The molecule has 5 nitrogen and oxygen atoms in total. The number of rotatable bonds is 6. The molecule has 1 heterocycles. The zero-order valence-corrected chi connectivity index (χ0v) is 8.83. The Hall–Kier alpha value is -0.170. The van der Waals surface area contributed by atoms with Crippen LogP contribution in [-0.2, 0) is 19.3 Å². The van der Waals surface area contributed by atoms with E-state index in [0.29, 0.717) is 26.2 Å². The van der Waals surface area contributed by atoms with E-state index in [-0.39, 0.29) is 24.2 Å². The molecule has 1 unspecified atom stereocenters. The number of ether oxygens (including phenoxy) is 2. The van der Waals surface area contributed by atoms with Gasteiger partial charge in [-0.25, -0.2) is 8.42 Å². The quantitative estimate of drug-likeness (QED) is 0.598. The highest BCUT2D eigenvalue weighted by molar-refractivity contribution is 7.91. The molecule has 1 aliphatic heterocycles. The van der Waals surface area contributed by atoms with Gasteiger partial charge in [0.25, 0.3) is 0 Å². The van der Waals surface area contributed by atoms with Crippen molar-refractivity contribution in [2.45, 2.75) is 12.5 Å². The summed E-state index contributed by atoms with van der Waals surface area (Å²) >= 11 is 0. The summed E-state index contributed by atoms with van der Waals surface area (Å²) in [6.45, 7) is 1.08. The summed E-state index contributed by atoms with van der Waals surface area (Å²) < 4.78 is 32.3. The third-order valence-electron chi connectivity index (χ3n) is 2.01. The number of hydrogen-bond donors (Lipinski definition) is 1. The van der Waals surface area contributed by atoms with Crippen LogP contribution in [0.4, 0.5) is 0 Å². The Kier molecular flexibility index (Phi) is 4.80. The first-order valence-corrected chi connectivity index (χ1v) is 6.47. The lowest BCUT2D eigenvalue weighted by Crippen LogP contribution is -2.18. The molecule has 0 spiro atoms. The predicted molar refractivity (Wildman–Crippen MR) is 50.9 cm³/mol. The van der Waals surface area contributed by atoms with Crippen molar-refractivity contribution >= 4 is 9.84 Å². The summed E-state index contributed by atoms with van der Waals surface area (Å²) in [6, 6.07) is 0. The molecule has 0 aliphatic carbocycles. The van der Waals surface area contributed by atoms with E-state index in [4.69, 9.17) is 14.6 Å². The van der Waals surface area contributed by atoms with Gasteiger partial charge in [-0.1, -0.05) is 0 Å². The Morgan fingerprint density at radius 3 is 2.64 bits per heavy atom. The van der Waals surface area contributed by atoms with Gasteiger partial charge in [0, 0.05) is 0 Å². The smallest absolute Gasteiger partial charge is 0.152 e. The van der Waals surface area contributed by atoms with E-state index < -0.39 is 9.84 Å². The van der Waals surface area contributed by atoms with Gasteiger partial charge in [0.05, 0.1) is 44.0 Å². The summed E-state index contributed by atoms with van der Waals surface area (Å²) in [4.78, 5) is 0. The second-order valence-corrected chi connectivity index (χ2v) is 5.46. The normalized spacial score (nSPS) is 25.4. The Labute approximate surface area is 83.9 Å². The van der Waals surface area contributed by atoms with Crippen molar-refractivity contribution in [3.63, 3.8) is 0 Å². The van der Waals surface area contributed by atoms with Gasteiger partial charge in [0.1, 0.15) is 0 Å². The summed E-state index contributed by atoms with van der Waals surface area (Å²) in [5.74, 6) is 0.363. The van der Waals surface area contributed by atoms with Crippen molar-refractivity contribution in [2.24, 2.45) is 0 Å². The molecule has 14 heavy (non-hydrogen) atoms. The fourth-order valence-electron chi connectivity index (χ4n) is 1.33. The van der Waals surface area contributed by atoms with Crippen LogP contribution < -0.4 is 0 Å². The lowest BCUT2D eigenvalue weighted by molar-refractivity contribution is 0.00678. The van der Waals surface area contributed by atoms with Crippen LogP contribution in [0.2, 0.25) is 0 Å². The van der Waals surface area contributed by atoms with E-state index in [1.807, 2.05) is 0 Å². The molecule has 0 saturated carbocycles. The fourth-order valence-corrected chi connectivity index (χ4v) is 2.95. The summed E-state index contributed by atoms with van der Waals surface area (Å²) in [7, 11) is -2.85. The third-order valence-corrected chi connectivity index (χ3v) is 3.74. The minimum absolute atomic E-state index is 0.00217. The van der Waals surface area contributed by atoms with E-state index in [2.05, 4.69) is 0 Å². The summed E-state index contributed by atoms with van der Waals surface area (Å²) in [5, 5.41) is 8.40. The minimum atomic E-state index is -2.85. The van der Waals surface area contributed by atoms with Crippen LogP contribution in [0.25, 0.3) is 0 Å². The molecular weight excluding hydrogens is 208 g/mol. The molecule has 1 aliphatic rings. The highest BCUT2D eigenvalue weighted by Gasteiger charge is 2.28. The number of aliphatic hydroxyl groups is 1. The van der Waals surface area contributed by atoms with Gasteiger partial charge in [-0.2, -0.15) is 0 Å². The zero-order chi connectivity index (χ0) is 10.4. The van der Waals surface area contributed by atoms with Gasteiger partial charge in [0.15, 0.2) is 9.84 Å². The maximum Gasteiger partial charge on any atom is 0.152 e. The molecule has 0 amide bonds. The molecular formula is C8H16O5S. The largest absolute Gasteiger partial charge is 0.394 e. The molecule has 0 aromatic carbocycles. The Balaban J connectivity index is 2.03. The second-order valence-electron chi connectivity index (χ2n) is 3.23. The van der Waals surface area contributed by atoms with Crippen LogP contribution in [-0.4, -0.2) is 57.6 Å². The zero-order valence-electron chi connectivity index (χ0n) is 8.02. The molecule has 1 rings (SSSR count). The molecule has 0 bridgehead atoms. The van der Waals surface area contributed by atoms with Crippen LogP contribution in [0.3, 0.4) is 0 Å². The van der Waals surface area contributed by atoms with Crippen molar-refractivity contribution in [2.75, 3.05) is 37.9 Å². The van der Waals surface area contributed by atoms with E-state index in [9.17, 15) is 8.42 Å². The second kappa shape index (κ2) is 5.65. The first-order valence-electron chi connectivity index (χ1n) is 4.65. The summed E-state index contributed by atoms with van der Waals surface area (Å²) in [6.07, 6.45) is 0.417. The number of sulfone groups is 1. The van der Waals surface area contributed by atoms with Gasteiger partial charge in [0.2, 0.25) is 0 Å². The SMILES string of the molecule is O=S1(=O)CCC(OCCOCCO)C1. The van der Waals surface area contributed by atoms with E-state index in [0.717, 1.165) is 0 Å². The first kappa shape index (κ1) is 11.9. The molecule has 6 heteroatoms. The highest BCUT2D eigenvalue weighted by atomic mass is 32.2. The van der Waals surface area contributed by atoms with Gasteiger partial charge in [-0.3, -0.25) is 0 Å². The molecule has 84 valence electrons. The van der Waals surface area contributed by atoms with Crippen molar-refractivity contribution in [3.05, 3.63) is 0 Å². The summed E-state index contributed by atoms with van der Waals surface area (Å²) in [5.41, 5.74) is 0. The van der Waals surface area contributed by atoms with Gasteiger partial charge in [-0.05, 0) is 6.42 Å². The molecule has 1 N–H and O–H groups in total. The van der Waals surface area contributed by atoms with Crippen LogP contribution >= 0.6 is 0 Å². The van der Waals surface area contributed by atoms with Crippen LogP contribution in [0, 0.1) is 0 Å². The number of hydrogen-bond acceptors (Lipinski definition) is 5. The van der Waals surface area contributed by atoms with E-state index >= 15 is 0 Å². The molecule has 1 fully saturated rings. The average Bonchev–Trinajstić information content (AvgIpc) is 2.45. The Morgan fingerprint density at radius 1 is 1.29 bits per heavy atom. The van der Waals surface area contributed by atoms with Crippen molar-refractivity contribution in [1.82, 2.24) is 0 Å². The van der Waals surface area contributed by atoms with Gasteiger partial charge < -0.3 is 14.6 Å². The maximum atomic E-state index is 11.0. The van der Waals surface area contributed by atoms with E-state index in [1.165, 1.54) is 0 Å². The molecule has 1 atom stereocenters. The fraction of sp³-hybridized carbons (Fsp3) is 1.00. The van der Waals surface area contributed by atoms with Crippen LogP contribution in [0.15, 0.2) is 0 Å². The lowest BCUT2D eigenvalue weighted by Gasteiger charge is -2.09. The van der Waals surface area contributed by atoms with E-state index in [1.54, 1.807) is 0 Å². The topological polar surface area (TPSA) is 72.8 Å². The average molecular weight is 224 g/mol. The highest BCUT2D eigenvalue weighted by Crippen LogP contribution is 2.14. The Morgan fingerprint density at radius 2 is 2.07 bits per heavy atom. The van der Waals surface area contributed by atoms with Crippen molar-refractivity contribution in [1.29, 1.82) is 0 Å². The van der Waals surface area contributed by atoms with Gasteiger partial charge >= 0.3 is 0 Å². The van der Waals surface area contributed by atoms with Crippen LogP contribution in [0.5, 0.6) is 0 Å². The monoisotopic (exact) mass is 224 g/mol.